The molecule has 2 aliphatic heterocycles. The molecule has 1 amide bonds. The van der Waals surface area contributed by atoms with Gasteiger partial charge in [0.25, 0.3) is 5.91 Å². The van der Waals surface area contributed by atoms with E-state index >= 15 is 0 Å². The van der Waals surface area contributed by atoms with Gasteiger partial charge in [-0.3, -0.25) is 4.79 Å². The van der Waals surface area contributed by atoms with Crippen LogP contribution >= 0.6 is 11.6 Å². The van der Waals surface area contributed by atoms with Crippen molar-refractivity contribution in [3.63, 3.8) is 0 Å². The summed E-state index contributed by atoms with van der Waals surface area (Å²) in [5.41, 5.74) is 3.28. The number of carbonyl (C=O) groups is 1. The van der Waals surface area contributed by atoms with Gasteiger partial charge in [-0.15, -0.1) is 0 Å². The zero-order chi connectivity index (χ0) is 30.2. The molecule has 6 rings (SSSR count). The summed E-state index contributed by atoms with van der Waals surface area (Å²) < 4.78 is 40.8. The Hall–Kier alpha value is -2.59. The van der Waals surface area contributed by atoms with Crippen molar-refractivity contribution in [2.45, 2.75) is 68.1 Å². The third-order valence-electron chi connectivity index (χ3n) is 9.98. The van der Waals surface area contributed by atoms with Crippen molar-refractivity contribution in [1.29, 1.82) is 0 Å². The van der Waals surface area contributed by atoms with Crippen molar-refractivity contribution in [1.82, 2.24) is 4.72 Å². The molecule has 1 saturated carbocycles. The molecule has 0 aromatic heterocycles. The van der Waals surface area contributed by atoms with Gasteiger partial charge in [0.2, 0.25) is 10.0 Å². The maximum atomic E-state index is 13.4. The van der Waals surface area contributed by atoms with Crippen molar-refractivity contribution in [3.8, 4) is 5.75 Å². The third kappa shape index (κ3) is 6.19. The van der Waals surface area contributed by atoms with E-state index in [-0.39, 0.29) is 35.8 Å². The van der Waals surface area contributed by atoms with Gasteiger partial charge in [-0.25, -0.2) is 13.1 Å². The van der Waals surface area contributed by atoms with Crippen LogP contribution in [0.15, 0.2) is 48.6 Å². The summed E-state index contributed by atoms with van der Waals surface area (Å²) in [5, 5.41) is 11.1. The summed E-state index contributed by atoms with van der Waals surface area (Å²) >= 11 is 6.39. The summed E-state index contributed by atoms with van der Waals surface area (Å²) in [5.74, 6) is 0.412. The van der Waals surface area contributed by atoms with Crippen LogP contribution in [0.25, 0.3) is 0 Å². The van der Waals surface area contributed by atoms with Crippen LogP contribution in [0.1, 0.15) is 66.4 Å². The molecule has 10 heteroatoms. The number of hydrogen-bond acceptors (Lipinski definition) is 7. The molecule has 2 heterocycles. The number of allylic oxidation sites excluding steroid dienone is 1. The van der Waals surface area contributed by atoms with Crippen LogP contribution < -0.4 is 14.4 Å². The number of nitrogens with one attached hydrogen (secondary N) is 1. The highest BCUT2D eigenvalue weighted by molar-refractivity contribution is 7.90. The molecule has 4 aliphatic rings. The Morgan fingerprint density at radius 2 is 2.05 bits per heavy atom. The van der Waals surface area contributed by atoms with Gasteiger partial charge in [0.15, 0.2) is 0 Å². The molecule has 2 N–H and O–H groups in total. The Balaban J connectivity index is 1.40. The maximum Gasteiger partial charge on any atom is 0.264 e. The predicted octanol–water partition coefficient (Wildman–Crippen LogP) is 5.01. The molecule has 0 unspecified atom stereocenters. The molecule has 43 heavy (non-hydrogen) atoms. The number of ether oxygens (including phenoxy) is 2. The van der Waals surface area contributed by atoms with Gasteiger partial charge in [0.1, 0.15) is 5.75 Å². The van der Waals surface area contributed by atoms with Crippen molar-refractivity contribution >= 4 is 33.2 Å². The Bertz CT molecular complexity index is 1500. The van der Waals surface area contributed by atoms with Crippen LogP contribution in [0.4, 0.5) is 5.69 Å². The predicted molar refractivity (Wildman–Crippen MR) is 167 cm³/mol. The Labute approximate surface area is 259 Å². The van der Waals surface area contributed by atoms with E-state index < -0.39 is 27.3 Å². The topological polar surface area (TPSA) is 105 Å². The second-order valence-corrected chi connectivity index (χ2v) is 15.1. The fraction of sp³-hybridized carbons (Fsp3) is 0.545. The maximum absolute atomic E-state index is 13.4. The summed E-state index contributed by atoms with van der Waals surface area (Å²) in [7, 11) is -2.45. The molecule has 232 valence electrons. The number of halogens is 1. The first-order valence-corrected chi connectivity index (χ1v) is 17.3. The average Bonchev–Trinajstić information content (AvgIpc) is 3.11. The lowest BCUT2D eigenvalue weighted by Gasteiger charge is -2.45. The number of aliphatic hydroxyl groups excluding tert-OH is 1. The van der Waals surface area contributed by atoms with Gasteiger partial charge in [-0.2, -0.15) is 0 Å². The highest BCUT2D eigenvalue weighted by atomic mass is 35.5. The molecule has 2 bridgehead atoms. The molecule has 8 nitrogen and oxygen atoms in total. The van der Waals surface area contributed by atoms with Crippen molar-refractivity contribution in [2.24, 2.45) is 11.8 Å². The molecule has 0 radical (unpaired) electrons. The number of aliphatic hydroxyl groups is 1. The van der Waals surface area contributed by atoms with Crippen LogP contribution in [0, 0.1) is 11.8 Å². The van der Waals surface area contributed by atoms with Gasteiger partial charge in [-0.05, 0) is 105 Å². The van der Waals surface area contributed by atoms with Gasteiger partial charge in [0.05, 0.1) is 23.6 Å². The smallest absolute Gasteiger partial charge is 0.264 e. The molecule has 0 saturated heterocycles. The van der Waals surface area contributed by atoms with Gasteiger partial charge >= 0.3 is 0 Å². The van der Waals surface area contributed by atoms with E-state index in [4.69, 9.17) is 21.1 Å². The molecular weight excluding hydrogens is 588 g/mol. The number of nitrogens with zero attached hydrogens (tertiary/aromatic N) is 1. The summed E-state index contributed by atoms with van der Waals surface area (Å²) in [6.07, 6.45) is 9.07. The van der Waals surface area contributed by atoms with Gasteiger partial charge in [-0.1, -0.05) is 29.8 Å². The second kappa shape index (κ2) is 12.4. The minimum absolute atomic E-state index is 0.115. The minimum Gasteiger partial charge on any atom is -0.490 e. The van der Waals surface area contributed by atoms with Crippen LogP contribution in [-0.4, -0.2) is 64.2 Å². The van der Waals surface area contributed by atoms with Gasteiger partial charge < -0.3 is 19.5 Å². The number of benzene rings is 2. The van der Waals surface area contributed by atoms with E-state index in [1.165, 1.54) is 18.2 Å². The zero-order valence-electron chi connectivity index (χ0n) is 24.6. The first kappa shape index (κ1) is 30.4. The van der Waals surface area contributed by atoms with Crippen molar-refractivity contribution < 1.29 is 27.8 Å². The van der Waals surface area contributed by atoms with E-state index in [0.717, 1.165) is 42.8 Å². The number of aryl methyl sites for hydroxylation is 1. The molecule has 1 fully saturated rings. The Morgan fingerprint density at radius 3 is 2.84 bits per heavy atom. The number of methoxy groups -OCH3 is 1. The highest BCUT2D eigenvalue weighted by Crippen LogP contribution is 2.46. The fourth-order valence-electron chi connectivity index (χ4n) is 7.45. The number of sulfonamides is 1. The van der Waals surface area contributed by atoms with E-state index in [1.807, 2.05) is 18.2 Å². The first-order valence-electron chi connectivity index (χ1n) is 15.4. The summed E-state index contributed by atoms with van der Waals surface area (Å²) in [6.45, 7) is 2.15. The Kier molecular flexibility index (Phi) is 8.79. The molecular formula is C33H41ClN2O6S. The van der Waals surface area contributed by atoms with Crippen LogP contribution in [0.5, 0.6) is 5.75 Å². The first-order chi connectivity index (χ1) is 20.7. The van der Waals surface area contributed by atoms with E-state index in [2.05, 4.69) is 21.8 Å². The molecule has 2 aromatic rings. The van der Waals surface area contributed by atoms with Crippen molar-refractivity contribution in [3.05, 3.63) is 70.3 Å². The molecule has 5 atom stereocenters. The minimum atomic E-state index is -3.98. The number of rotatable bonds is 3. The van der Waals surface area contributed by atoms with E-state index in [0.29, 0.717) is 38.3 Å². The number of hydrogen-bond donors (Lipinski definition) is 2. The SMILES string of the molecule is COCC[C@H]1CC/C=C/[C@H](O)[C@@H]2CC[C@H]2CN2C[C@@]3(CCCc4cc(Cl)ccc43)COc3ccc(cc32)C(=O)NS1(=O)=O. The number of amides is 1. The van der Waals surface area contributed by atoms with Crippen LogP contribution in [-0.2, 0) is 26.6 Å². The molecule has 2 aromatic carbocycles. The van der Waals surface area contributed by atoms with Crippen LogP contribution in [0.3, 0.4) is 0 Å². The van der Waals surface area contributed by atoms with Crippen molar-refractivity contribution in [2.75, 3.05) is 38.3 Å². The lowest BCUT2D eigenvalue weighted by atomic mass is 9.68. The van der Waals surface area contributed by atoms with Crippen LogP contribution in [0.2, 0.25) is 5.02 Å². The zero-order valence-corrected chi connectivity index (χ0v) is 26.2. The summed E-state index contributed by atoms with van der Waals surface area (Å²) in [4.78, 5) is 15.8. The average molecular weight is 629 g/mol. The normalized spacial score (nSPS) is 31.0. The summed E-state index contributed by atoms with van der Waals surface area (Å²) in [6, 6.07) is 11.4. The quantitative estimate of drug-likeness (QED) is 0.460. The molecule has 1 spiro atoms. The van der Waals surface area contributed by atoms with Gasteiger partial charge in [0, 0.05) is 42.8 Å². The number of anilines is 1. The van der Waals surface area contributed by atoms with E-state index in [1.54, 1.807) is 18.2 Å². The lowest BCUT2D eigenvalue weighted by molar-refractivity contribution is 0.0456. The number of carbonyl (C=O) groups excluding carboxylic acids is 1. The Morgan fingerprint density at radius 1 is 1.19 bits per heavy atom. The lowest BCUT2D eigenvalue weighted by Crippen LogP contribution is -2.49. The highest BCUT2D eigenvalue weighted by Gasteiger charge is 2.44. The monoisotopic (exact) mass is 628 g/mol. The van der Waals surface area contributed by atoms with E-state index in [9.17, 15) is 18.3 Å². The number of fused-ring (bicyclic) bond motifs is 4. The molecule has 2 aliphatic carbocycles. The largest absolute Gasteiger partial charge is 0.490 e. The standard InChI is InChI=1S/C33H41ClN2O6S/c1-41-16-14-26-6-2-3-7-30(37)27-11-8-24(27)19-36-20-33(15-4-5-22-17-25(34)10-12-28(22)33)21-42-31-13-9-23(18-29(31)36)32(38)35-43(26,39)40/h3,7,9-10,12-13,17-18,24,26-27,30,37H,2,4-6,8,11,14-16,19-21H2,1H3,(H,35,38)/b7-3+/t24-,26+,27+,30-,33-/m0/s1. The third-order valence-corrected chi connectivity index (χ3v) is 12.0. The fourth-order valence-corrected chi connectivity index (χ4v) is 9.04. The second-order valence-electron chi connectivity index (χ2n) is 12.7.